The molecule has 0 spiro atoms. The van der Waals surface area contributed by atoms with Crippen molar-refractivity contribution in [3.8, 4) is 0 Å². The SMILES string of the molecule is Cc1ccc(C)c([C@H](C)NC(=O)c2ccccc2C)c1. The highest BCUT2D eigenvalue weighted by atomic mass is 16.1. The van der Waals surface area contributed by atoms with Gasteiger partial charge in [0.05, 0.1) is 6.04 Å². The maximum absolute atomic E-state index is 12.3. The second-order valence-electron chi connectivity index (χ2n) is 5.37. The Hall–Kier alpha value is -2.09. The van der Waals surface area contributed by atoms with E-state index in [1.807, 2.05) is 38.1 Å². The maximum atomic E-state index is 12.3. The van der Waals surface area contributed by atoms with Gasteiger partial charge in [0.2, 0.25) is 0 Å². The van der Waals surface area contributed by atoms with E-state index in [0.29, 0.717) is 0 Å². The third-order valence-electron chi connectivity index (χ3n) is 3.64. The van der Waals surface area contributed by atoms with Gasteiger partial charge in [-0.1, -0.05) is 42.0 Å². The molecule has 0 saturated carbocycles. The van der Waals surface area contributed by atoms with E-state index < -0.39 is 0 Å². The molecule has 2 nitrogen and oxygen atoms in total. The minimum atomic E-state index is -0.0171. The maximum Gasteiger partial charge on any atom is 0.252 e. The minimum Gasteiger partial charge on any atom is -0.345 e. The van der Waals surface area contributed by atoms with Gasteiger partial charge in [0.1, 0.15) is 0 Å². The number of hydrogen-bond donors (Lipinski definition) is 1. The van der Waals surface area contributed by atoms with Gasteiger partial charge in [0.25, 0.3) is 5.91 Å². The van der Waals surface area contributed by atoms with Crippen molar-refractivity contribution in [2.75, 3.05) is 0 Å². The molecule has 2 aromatic carbocycles. The molecule has 2 heteroatoms. The number of hydrogen-bond acceptors (Lipinski definition) is 1. The smallest absolute Gasteiger partial charge is 0.252 e. The molecule has 0 radical (unpaired) electrons. The quantitative estimate of drug-likeness (QED) is 0.891. The predicted molar refractivity (Wildman–Crippen MR) is 83.0 cm³/mol. The molecule has 104 valence electrons. The molecule has 0 aromatic heterocycles. The van der Waals surface area contributed by atoms with E-state index in [-0.39, 0.29) is 11.9 Å². The van der Waals surface area contributed by atoms with Crippen molar-refractivity contribution >= 4 is 5.91 Å². The summed E-state index contributed by atoms with van der Waals surface area (Å²) < 4.78 is 0. The van der Waals surface area contributed by atoms with E-state index in [1.165, 1.54) is 16.7 Å². The summed E-state index contributed by atoms with van der Waals surface area (Å²) in [7, 11) is 0. The zero-order chi connectivity index (χ0) is 14.7. The van der Waals surface area contributed by atoms with Crippen molar-refractivity contribution in [2.24, 2.45) is 0 Å². The Morgan fingerprint density at radius 2 is 1.70 bits per heavy atom. The first kappa shape index (κ1) is 14.3. The van der Waals surface area contributed by atoms with Gasteiger partial charge in [0.15, 0.2) is 0 Å². The molecule has 0 saturated heterocycles. The minimum absolute atomic E-state index is 0.00186. The number of nitrogens with one attached hydrogen (secondary N) is 1. The Balaban J connectivity index is 2.19. The van der Waals surface area contributed by atoms with Gasteiger partial charge in [-0.2, -0.15) is 0 Å². The van der Waals surface area contributed by atoms with Crippen LogP contribution in [0.5, 0.6) is 0 Å². The van der Waals surface area contributed by atoms with Crippen LogP contribution in [0.15, 0.2) is 42.5 Å². The first-order chi connectivity index (χ1) is 9.49. The number of carbonyl (C=O) groups is 1. The number of carbonyl (C=O) groups excluding carboxylic acids is 1. The largest absolute Gasteiger partial charge is 0.345 e. The lowest BCUT2D eigenvalue weighted by Crippen LogP contribution is -2.27. The van der Waals surface area contributed by atoms with E-state index in [9.17, 15) is 4.79 Å². The van der Waals surface area contributed by atoms with Gasteiger partial charge in [-0.15, -0.1) is 0 Å². The van der Waals surface area contributed by atoms with E-state index in [0.717, 1.165) is 11.1 Å². The second kappa shape index (κ2) is 5.91. The topological polar surface area (TPSA) is 29.1 Å². The Morgan fingerprint density at radius 1 is 1.00 bits per heavy atom. The summed E-state index contributed by atoms with van der Waals surface area (Å²) in [5.74, 6) is -0.0171. The van der Waals surface area contributed by atoms with Gasteiger partial charge in [0, 0.05) is 5.56 Å². The lowest BCUT2D eigenvalue weighted by atomic mass is 9.99. The molecule has 1 atom stereocenters. The van der Waals surface area contributed by atoms with Crippen molar-refractivity contribution in [3.05, 3.63) is 70.3 Å². The Bertz CT molecular complexity index is 631. The predicted octanol–water partition coefficient (Wildman–Crippen LogP) is 4.10. The molecular formula is C18H21NO. The second-order valence-corrected chi connectivity index (χ2v) is 5.37. The summed E-state index contributed by atoms with van der Waals surface area (Å²) in [6.45, 7) is 8.12. The molecule has 0 aliphatic carbocycles. The number of benzene rings is 2. The van der Waals surface area contributed by atoms with E-state index in [2.05, 4.69) is 37.4 Å². The molecule has 2 aromatic rings. The molecule has 20 heavy (non-hydrogen) atoms. The lowest BCUT2D eigenvalue weighted by Gasteiger charge is -2.18. The zero-order valence-corrected chi connectivity index (χ0v) is 12.5. The summed E-state index contributed by atoms with van der Waals surface area (Å²) in [5.41, 5.74) is 5.32. The molecule has 0 unspecified atom stereocenters. The molecule has 0 bridgehead atoms. The summed E-state index contributed by atoms with van der Waals surface area (Å²) in [5, 5.41) is 3.08. The van der Waals surface area contributed by atoms with Crippen LogP contribution < -0.4 is 5.32 Å². The fourth-order valence-corrected chi connectivity index (χ4v) is 2.41. The van der Waals surface area contributed by atoms with Crippen LogP contribution in [0.3, 0.4) is 0 Å². The van der Waals surface area contributed by atoms with Crippen LogP contribution >= 0.6 is 0 Å². The normalized spacial score (nSPS) is 12.0. The van der Waals surface area contributed by atoms with E-state index >= 15 is 0 Å². The molecule has 0 fully saturated rings. The lowest BCUT2D eigenvalue weighted by molar-refractivity contribution is 0.0939. The average molecular weight is 267 g/mol. The zero-order valence-electron chi connectivity index (χ0n) is 12.5. The third-order valence-corrected chi connectivity index (χ3v) is 3.64. The first-order valence-corrected chi connectivity index (χ1v) is 6.92. The summed E-state index contributed by atoms with van der Waals surface area (Å²) in [6, 6.07) is 14.0. The molecule has 0 aliphatic heterocycles. The number of aryl methyl sites for hydroxylation is 3. The Morgan fingerprint density at radius 3 is 2.40 bits per heavy atom. The number of amides is 1. The van der Waals surface area contributed by atoms with Crippen LogP contribution in [0.1, 0.15) is 45.6 Å². The van der Waals surface area contributed by atoms with Gasteiger partial charge >= 0.3 is 0 Å². The fraction of sp³-hybridized carbons (Fsp3) is 0.278. The van der Waals surface area contributed by atoms with Crippen molar-refractivity contribution in [2.45, 2.75) is 33.7 Å². The van der Waals surface area contributed by atoms with Crippen LogP contribution in [0.4, 0.5) is 0 Å². The van der Waals surface area contributed by atoms with Crippen molar-refractivity contribution in [3.63, 3.8) is 0 Å². The standard InChI is InChI=1S/C18H21NO/c1-12-9-10-14(3)17(11-12)15(4)19-18(20)16-8-6-5-7-13(16)2/h5-11,15H,1-4H3,(H,19,20)/t15-/m0/s1. The van der Waals surface area contributed by atoms with Crippen LogP contribution in [0.2, 0.25) is 0 Å². The summed E-state index contributed by atoms with van der Waals surface area (Å²) in [4.78, 5) is 12.3. The van der Waals surface area contributed by atoms with Gasteiger partial charge in [-0.25, -0.2) is 0 Å². The van der Waals surface area contributed by atoms with Gasteiger partial charge in [-0.05, 0) is 50.5 Å². The Labute approximate surface area is 120 Å². The summed E-state index contributed by atoms with van der Waals surface area (Å²) in [6.07, 6.45) is 0. The molecule has 2 rings (SSSR count). The van der Waals surface area contributed by atoms with E-state index in [1.54, 1.807) is 0 Å². The fourth-order valence-electron chi connectivity index (χ4n) is 2.41. The third kappa shape index (κ3) is 3.08. The highest BCUT2D eigenvalue weighted by Crippen LogP contribution is 2.19. The highest BCUT2D eigenvalue weighted by molar-refractivity contribution is 5.95. The highest BCUT2D eigenvalue weighted by Gasteiger charge is 2.14. The van der Waals surface area contributed by atoms with Crippen molar-refractivity contribution in [1.82, 2.24) is 5.32 Å². The van der Waals surface area contributed by atoms with E-state index in [4.69, 9.17) is 0 Å². The van der Waals surface area contributed by atoms with Crippen LogP contribution in [-0.4, -0.2) is 5.91 Å². The van der Waals surface area contributed by atoms with Gasteiger partial charge in [-0.3, -0.25) is 4.79 Å². The Kier molecular flexibility index (Phi) is 4.23. The monoisotopic (exact) mass is 267 g/mol. The molecule has 1 N–H and O–H groups in total. The van der Waals surface area contributed by atoms with Crippen molar-refractivity contribution in [1.29, 1.82) is 0 Å². The molecular weight excluding hydrogens is 246 g/mol. The summed E-state index contributed by atoms with van der Waals surface area (Å²) >= 11 is 0. The van der Waals surface area contributed by atoms with Crippen LogP contribution in [-0.2, 0) is 0 Å². The molecule has 0 aliphatic rings. The van der Waals surface area contributed by atoms with Crippen molar-refractivity contribution < 1.29 is 4.79 Å². The first-order valence-electron chi connectivity index (χ1n) is 6.92. The van der Waals surface area contributed by atoms with Crippen LogP contribution in [0, 0.1) is 20.8 Å². The molecule has 0 heterocycles. The average Bonchev–Trinajstić information content (AvgIpc) is 2.41. The molecule has 1 amide bonds. The number of rotatable bonds is 3. The van der Waals surface area contributed by atoms with Crippen LogP contribution in [0.25, 0.3) is 0 Å². The van der Waals surface area contributed by atoms with Gasteiger partial charge < -0.3 is 5.32 Å².